The molecule has 0 bridgehead atoms. The Kier molecular flexibility index (Phi) is 7.23. The second-order valence-electron chi connectivity index (χ2n) is 8.41. The third-order valence-electron chi connectivity index (χ3n) is 5.67. The molecule has 2 N–H and O–H groups in total. The highest BCUT2D eigenvalue weighted by atomic mass is 32.2. The van der Waals surface area contributed by atoms with Crippen LogP contribution in [-0.2, 0) is 0 Å². The predicted octanol–water partition coefficient (Wildman–Crippen LogP) is 6.65. The van der Waals surface area contributed by atoms with Crippen molar-refractivity contribution < 1.29 is 4.39 Å². The van der Waals surface area contributed by atoms with Crippen LogP contribution in [0.4, 0.5) is 15.9 Å². The van der Waals surface area contributed by atoms with E-state index in [0.717, 1.165) is 45.3 Å². The first-order valence-corrected chi connectivity index (χ1v) is 13.1. The van der Waals surface area contributed by atoms with Gasteiger partial charge in [0.2, 0.25) is 0 Å². The van der Waals surface area contributed by atoms with Crippen LogP contribution in [-0.4, -0.2) is 34.3 Å². The Bertz CT molecular complexity index is 1270. The van der Waals surface area contributed by atoms with E-state index in [2.05, 4.69) is 27.1 Å². The number of amidine groups is 1. The van der Waals surface area contributed by atoms with Crippen LogP contribution in [0.15, 0.2) is 57.5 Å². The number of hydrogen-bond acceptors (Lipinski definition) is 6. The van der Waals surface area contributed by atoms with Crippen molar-refractivity contribution >= 4 is 46.0 Å². The molecule has 34 heavy (non-hydrogen) atoms. The quantitative estimate of drug-likeness (QED) is 0.158. The van der Waals surface area contributed by atoms with Gasteiger partial charge >= 0.3 is 0 Å². The van der Waals surface area contributed by atoms with E-state index < -0.39 is 0 Å². The largest absolute Gasteiger partial charge is 0.331 e. The maximum atomic E-state index is 14.8. The van der Waals surface area contributed by atoms with Crippen LogP contribution in [0.25, 0.3) is 5.57 Å². The fraction of sp³-hybridized carbons (Fsp3) is 0.320. The highest BCUT2D eigenvalue weighted by Crippen LogP contribution is 2.45. The van der Waals surface area contributed by atoms with Crippen molar-refractivity contribution in [3.63, 3.8) is 0 Å². The highest BCUT2D eigenvalue weighted by molar-refractivity contribution is 7.98. The second-order valence-corrected chi connectivity index (χ2v) is 10.1. The Balaban J connectivity index is 1.77. The lowest BCUT2D eigenvalue weighted by Crippen LogP contribution is -2.25. The van der Waals surface area contributed by atoms with Crippen molar-refractivity contribution in [2.24, 2.45) is 10.9 Å². The molecule has 2 heterocycles. The van der Waals surface area contributed by atoms with Crippen molar-refractivity contribution in [3.05, 3.63) is 69.8 Å². The van der Waals surface area contributed by atoms with E-state index in [4.69, 9.17) is 4.99 Å². The summed E-state index contributed by atoms with van der Waals surface area (Å²) in [5.74, 6) is 2.04. The molecule has 1 aliphatic carbocycles. The molecule has 0 unspecified atom stereocenters. The second kappa shape index (κ2) is 10.1. The maximum Gasteiger partial charge on any atom is 0.153 e. The number of aromatic amines is 1. The minimum Gasteiger partial charge on any atom is -0.331 e. The molecule has 0 radical (unpaired) electrons. The first-order valence-electron chi connectivity index (χ1n) is 11.0. The number of aromatic nitrogens is 3. The number of thiazole rings is 1. The Hall–Kier alpha value is -2.91. The molecule has 1 saturated carbocycles. The van der Waals surface area contributed by atoms with Crippen LogP contribution < -0.4 is 10.2 Å². The lowest BCUT2D eigenvalue weighted by Gasteiger charge is -2.21. The average molecular weight is 497 g/mol. The molecular formula is C25H29FN6S2. The van der Waals surface area contributed by atoms with E-state index >= 15 is 0 Å². The summed E-state index contributed by atoms with van der Waals surface area (Å²) in [4.78, 5) is 12.2. The van der Waals surface area contributed by atoms with Crippen LogP contribution in [0.3, 0.4) is 0 Å². The third-order valence-corrected chi connectivity index (χ3v) is 7.42. The lowest BCUT2D eigenvalue weighted by atomic mass is 10.0. The van der Waals surface area contributed by atoms with Gasteiger partial charge in [-0.3, -0.25) is 5.10 Å². The predicted molar refractivity (Wildman–Crippen MR) is 142 cm³/mol. The summed E-state index contributed by atoms with van der Waals surface area (Å²) in [7, 11) is 1.82. The van der Waals surface area contributed by atoms with E-state index in [1.165, 1.54) is 11.8 Å². The number of aliphatic imine (C=N–C) groups is 1. The number of aryl methyl sites for hydroxylation is 2. The minimum absolute atomic E-state index is 0.282. The Morgan fingerprint density at radius 3 is 2.65 bits per heavy atom. The van der Waals surface area contributed by atoms with Gasteiger partial charge in [0.1, 0.15) is 22.5 Å². The number of thioether (sulfide) groups is 1. The van der Waals surface area contributed by atoms with E-state index in [1.54, 1.807) is 28.4 Å². The first-order chi connectivity index (χ1) is 16.3. The van der Waals surface area contributed by atoms with E-state index in [-0.39, 0.29) is 5.82 Å². The minimum atomic E-state index is -0.282. The van der Waals surface area contributed by atoms with Crippen molar-refractivity contribution in [1.82, 2.24) is 15.2 Å². The lowest BCUT2D eigenvalue weighted by molar-refractivity contribution is 0.624. The molecule has 3 aromatic rings. The number of allylic oxidation sites excluding steroid dienone is 2. The number of H-pyrrole nitrogens is 1. The van der Waals surface area contributed by atoms with Gasteiger partial charge in [0.15, 0.2) is 5.82 Å². The van der Waals surface area contributed by atoms with Crippen LogP contribution in [0.1, 0.15) is 36.2 Å². The van der Waals surface area contributed by atoms with Crippen molar-refractivity contribution in [2.45, 2.75) is 38.5 Å². The van der Waals surface area contributed by atoms with Gasteiger partial charge in [-0.05, 0) is 64.0 Å². The zero-order valence-electron chi connectivity index (χ0n) is 20.1. The van der Waals surface area contributed by atoms with Gasteiger partial charge in [-0.25, -0.2) is 14.4 Å². The number of benzene rings is 1. The maximum absolute atomic E-state index is 14.8. The molecule has 0 spiro atoms. The summed E-state index contributed by atoms with van der Waals surface area (Å²) in [6, 6.07) is 7.17. The van der Waals surface area contributed by atoms with E-state index in [9.17, 15) is 4.39 Å². The molecule has 6 nitrogen and oxygen atoms in total. The monoisotopic (exact) mass is 496 g/mol. The standard InChI is InChI=1S/C25H29FN6S2/c1-14-11-22(31-30-14)29-24(23(18-7-8-18)16(3)25-27-15(2)13-34-25)28-17(4)32(5)21-10-9-19(33-6)12-20(21)26/h9-13,18H,3,7-8H2,1-2,4-6H3,(H2,29,30,31)/b24-23-,28-17+. The third kappa shape index (κ3) is 5.42. The van der Waals surface area contributed by atoms with Crippen LogP contribution in [0.5, 0.6) is 0 Å². The molecule has 1 fully saturated rings. The smallest absolute Gasteiger partial charge is 0.153 e. The molecule has 0 aliphatic heterocycles. The average Bonchev–Trinajstić information content (AvgIpc) is 3.40. The fourth-order valence-corrected chi connectivity index (χ4v) is 4.83. The Morgan fingerprint density at radius 2 is 2.09 bits per heavy atom. The molecule has 0 amide bonds. The Labute approximate surface area is 208 Å². The van der Waals surface area contributed by atoms with Crippen molar-refractivity contribution in [2.75, 3.05) is 23.5 Å². The number of anilines is 2. The number of nitrogens with one attached hydrogen (secondary N) is 2. The number of halogens is 1. The van der Waals surface area contributed by atoms with Gasteiger partial charge in [0, 0.05) is 45.9 Å². The molecule has 4 rings (SSSR count). The zero-order chi connectivity index (χ0) is 24.4. The highest BCUT2D eigenvalue weighted by Gasteiger charge is 2.32. The van der Waals surface area contributed by atoms with Crippen molar-refractivity contribution in [3.8, 4) is 0 Å². The summed E-state index contributed by atoms with van der Waals surface area (Å²) in [5, 5.41) is 13.6. The summed E-state index contributed by atoms with van der Waals surface area (Å²) in [5.41, 5.74) is 4.28. The number of hydrogen-bond donors (Lipinski definition) is 2. The molecule has 2 aromatic heterocycles. The van der Waals surface area contributed by atoms with Crippen LogP contribution in [0, 0.1) is 25.6 Å². The molecule has 178 valence electrons. The SMILES string of the molecule is C=C(/C(=C(\N=C(/C)N(C)c1ccc(SC)cc1F)Nc1cc(C)[nH]n1)C1CC1)c1nc(C)cs1. The van der Waals surface area contributed by atoms with Crippen molar-refractivity contribution in [1.29, 1.82) is 0 Å². The van der Waals surface area contributed by atoms with Gasteiger partial charge < -0.3 is 10.2 Å². The van der Waals surface area contributed by atoms with E-state index in [0.29, 0.717) is 29.1 Å². The van der Waals surface area contributed by atoms with E-state index in [1.807, 2.05) is 51.6 Å². The van der Waals surface area contributed by atoms with Crippen LogP contribution >= 0.6 is 23.1 Å². The molecule has 1 aliphatic rings. The fourth-order valence-electron chi connectivity index (χ4n) is 3.62. The first kappa shape index (κ1) is 24.2. The molecule has 0 atom stereocenters. The zero-order valence-corrected chi connectivity index (χ0v) is 21.7. The molecule has 0 saturated heterocycles. The molecule has 9 heteroatoms. The summed E-state index contributed by atoms with van der Waals surface area (Å²) < 4.78 is 14.8. The van der Waals surface area contributed by atoms with Gasteiger partial charge in [-0.1, -0.05) is 6.58 Å². The molecular weight excluding hydrogens is 467 g/mol. The topological polar surface area (TPSA) is 69.2 Å². The van der Waals surface area contributed by atoms with Gasteiger partial charge in [-0.15, -0.1) is 23.1 Å². The normalized spacial score (nSPS) is 14.7. The molecule has 1 aromatic carbocycles. The number of rotatable bonds is 8. The summed E-state index contributed by atoms with van der Waals surface area (Å²) in [6.45, 7) is 10.2. The van der Waals surface area contributed by atoms with Gasteiger partial charge in [-0.2, -0.15) is 5.10 Å². The Morgan fingerprint density at radius 1 is 1.32 bits per heavy atom. The van der Waals surface area contributed by atoms with Crippen LogP contribution in [0.2, 0.25) is 0 Å². The summed E-state index contributed by atoms with van der Waals surface area (Å²) in [6.07, 6.45) is 4.07. The number of nitrogens with zero attached hydrogens (tertiary/aromatic N) is 4. The summed E-state index contributed by atoms with van der Waals surface area (Å²) >= 11 is 3.09. The van der Waals surface area contributed by atoms with Gasteiger partial charge in [0.25, 0.3) is 0 Å². The van der Waals surface area contributed by atoms with Gasteiger partial charge in [0.05, 0.1) is 5.69 Å².